The Morgan fingerprint density at radius 1 is 1.17 bits per heavy atom. The molecule has 0 aliphatic carbocycles. The molecule has 0 radical (unpaired) electrons. The number of ether oxygens (including phenoxy) is 2. The minimum atomic E-state index is -4.63. The molecule has 0 aromatic heterocycles. The molecule has 0 spiro atoms. The number of carbonyl (C=O) groups excluding carboxylic acids is 1. The van der Waals surface area contributed by atoms with Gasteiger partial charge in [-0.15, -0.1) is 0 Å². The Kier molecular flexibility index (Phi) is 8.81. The van der Waals surface area contributed by atoms with Crippen LogP contribution in [-0.2, 0) is 17.6 Å². The molecule has 0 heterocycles. The summed E-state index contributed by atoms with van der Waals surface area (Å²) < 4.78 is 63.9. The summed E-state index contributed by atoms with van der Waals surface area (Å²) in [6.07, 6.45) is -3.38. The molecule has 11 heteroatoms. The SMILES string of the molecule is COc1cc(/C=C(/C#N)C(=O)Nc2cc(C(F)(F)F)ccc2Cl)cc(I)c1OCc1ccc(F)cc1. The minimum absolute atomic E-state index is 0.118. The first-order chi connectivity index (χ1) is 17.0. The maximum atomic E-state index is 13.1. The number of halogens is 6. The summed E-state index contributed by atoms with van der Waals surface area (Å²) in [6.45, 7) is 0.144. The predicted octanol–water partition coefficient (Wildman–Crippen LogP) is 7.24. The van der Waals surface area contributed by atoms with Crippen LogP contribution >= 0.6 is 34.2 Å². The Balaban J connectivity index is 1.84. The first-order valence-electron chi connectivity index (χ1n) is 10.1. The third kappa shape index (κ3) is 6.89. The first kappa shape index (κ1) is 27.3. The molecule has 0 aliphatic heterocycles. The van der Waals surface area contributed by atoms with Gasteiger partial charge in [-0.05, 0) is 82.3 Å². The van der Waals surface area contributed by atoms with Crippen molar-refractivity contribution in [1.29, 1.82) is 5.26 Å². The second kappa shape index (κ2) is 11.6. The molecule has 0 unspecified atom stereocenters. The lowest BCUT2D eigenvalue weighted by molar-refractivity contribution is -0.137. The Morgan fingerprint density at radius 2 is 1.86 bits per heavy atom. The van der Waals surface area contributed by atoms with Gasteiger partial charge in [0.1, 0.15) is 24.1 Å². The van der Waals surface area contributed by atoms with Crippen molar-refractivity contribution in [3.63, 3.8) is 0 Å². The number of nitrogens with zero attached hydrogens (tertiary/aromatic N) is 1. The maximum Gasteiger partial charge on any atom is 0.416 e. The van der Waals surface area contributed by atoms with Gasteiger partial charge in [-0.3, -0.25) is 4.79 Å². The summed E-state index contributed by atoms with van der Waals surface area (Å²) in [7, 11) is 1.41. The van der Waals surface area contributed by atoms with Gasteiger partial charge in [-0.25, -0.2) is 4.39 Å². The highest BCUT2D eigenvalue weighted by molar-refractivity contribution is 14.1. The van der Waals surface area contributed by atoms with Crippen LogP contribution in [0.1, 0.15) is 16.7 Å². The van der Waals surface area contributed by atoms with Gasteiger partial charge in [-0.2, -0.15) is 18.4 Å². The topological polar surface area (TPSA) is 71.3 Å². The summed E-state index contributed by atoms with van der Waals surface area (Å²) in [6, 6.07) is 13.2. The number of methoxy groups -OCH3 is 1. The molecular weight excluding hydrogens is 615 g/mol. The van der Waals surface area contributed by atoms with E-state index in [0.717, 1.165) is 17.7 Å². The number of nitriles is 1. The fraction of sp³-hybridized carbons (Fsp3) is 0.120. The Bertz CT molecular complexity index is 1350. The van der Waals surface area contributed by atoms with Crippen LogP contribution in [0.15, 0.2) is 60.2 Å². The third-order valence-corrected chi connectivity index (χ3v) is 5.90. The van der Waals surface area contributed by atoms with E-state index in [-0.39, 0.29) is 28.7 Å². The molecular formula is C25H16ClF4IN2O3. The van der Waals surface area contributed by atoms with E-state index < -0.39 is 17.6 Å². The largest absolute Gasteiger partial charge is 0.493 e. The smallest absolute Gasteiger partial charge is 0.416 e. The molecule has 0 atom stereocenters. The summed E-state index contributed by atoms with van der Waals surface area (Å²) >= 11 is 7.91. The van der Waals surface area contributed by atoms with Crippen LogP contribution < -0.4 is 14.8 Å². The van der Waals surface area contributed by atoms with E-state index in [1.165, 1.54) is 31.4 Å². The van der Waals surface area contributed by atoms with Crippen LogP contribution in [0, 0.1) is 20.7 Å². The van der Waals surface area contributed by atoms with Gasteiger partial charge in [0.15, 0.2) is 11.5 Å². The molecule has 1 N–H and O–H groups in total. The molecule has 0 saturated carbocycles. The number of anilines is 1. The molecule has 1 amide bonds. The molecule has 0 saturated heterocycles. The number of amides is 1. The molecule has 5 nitrogen and oxygen atoms in total. The van der Waals surface area contributed by atoms with Crippen LogP contribution in [-0.4, -0.2) is 13.0 Å². The summed E-state index contributed by atoms with van der Waals surface area (Å²) in [5.41, 5.74) is -0.516. The Labute approximate surface area is 222 Å². The zero-order chi connectivity index (χ0) is 26.5. The van der Waals surface area contributed by atoms with E-state index in [1.807, 2.05) is 22.6 Å². The van der Waals surface area contributed by atoms with Crippen molar-refractivity contribution in [2.45, 2.75) is 12.8 Å². The Morgan fingerprint density at radius 3 is 2.47 bits per heavy atom. The average Bonchev–Trinajstić information content (AvgIpc) is 2.83. The van der Waals surface area contributed by atoms with E-state index >= 15 is 0 Å². The molecule has 186 valence electrons. The first-order valence-corrected chi connectivity index (χ1v) is 11.5. The van der Waals surface area contributed by atoms with Gasteiger partial charge in [-0.1, -0.05) is 23.7 Å². The highest BCUT2D eigenvalue weighted by atomic mass is 127. The van der Waals surface area contributed by atoms with Crippen molar-refractivity contribution in [2.24, 2.45) is 0 Å². The molecule has 0 aliphatic rings. The van der Waals surface area contributed by atoms with Crippen molar-refractivity contribution >= 4 is 51.9 Å². The van der Waals surface area contributed by atoms with Gasteiger partial charge in [0.25, 0.3) is 5.91 Å². The van der Waals surface area contributed by atoms with E-state index in [9.17, 15) is 27.6 Å². The van der Waals surface area contributed by atoms with Crippen molar-refractivity contribution in [1.82, 2.24) is 0 Å². The summed E-state index contributed by atoms with van der Waals surface area (Å²) in [5.74, 6) is -0.591. The fourth-order valence-electron chi connectivity index (χ4n) is 3.00. The molecule has 3 aromatic carbocycles. The second-order valence-electron chi connectivity index (χ2n) is 7.27. The lowest BCUT2D eigenvalue weighted by Gasteiger charge is -2.14. The van der Waals surface area contributed by atoms with Crippen LogP contribution in [0.3, 0.4) is 0 Å². The number of hydrogen-bond acceptors (Lipinski definition) is 4. The average molecular weight is 631 g/mol. The van der Waals surface area contributed by atoms with Crippen molar-refractivity contribution in [3.05, 3.63) is 91.3 Å². The Hall–Kier alpha value is -3.30. The number of rotatable bonds is 7. The zero-order valence-corrected chi connectivity index (χ0v) is 21.3. The van der Waals surface area contributed by atoms with E-state index in [1.54, 1.807) is 24.3 Å². The van der Waals surface area contributed by atoms with Crippen molar-refractivity contribution in [2.75, 3.05) is 12.4 Å². The highest BCUT2D eigenvalue weighted by Crippen LogP contribution is 2.36. The van der Waals surface area contributed by atoms with Crippen LogP contribution in [0.25, 0.3) is 6.08 Å². The second-order valence-corrected chi connectivity index (χ2v) is 8.83. The van der Waals surface area contributed by atoms with Crippen LogP contribution in [0.2, 0.25) is 5.02 Å². The fourth-order valence-corrected chi connectivity index (χ4v) is 3.95. The number of carbonyl (C=O) groups is 1. The lowest BCUT2D eigenvalue weighted by atomic mass is 10.1. The summed E-state index contributed by atoms with van der Waals surface area (Å²) in [5, 5.41) is 11.6. The van der Waals surface area contributed by atoms with Crippen molar-refractivity contribution < 1.29 is 31.8 Å². The van der Waals surface area contributed by atoms with Crippen LogP contribution in [0.4, 0.5) is 23.2 Å². The monoisotopic (exact) mass is 630 g/mol. The highest BCUT2D eigenvalue weighted by Gasteiger charge is 2.31. The van der Waals surface area contributed by atoms with Crippen LogP contribution in [0.5, 0.6) is 11.5 Å². The molecule has 0 fully saturated rings. The number of alkyl halides is 3. The normalized spacial score (nSPS) is 11.6. The van der Waals surface area contributed by atoms with E-state index in [4.69, 9.17) is 21.1 Å². The predicted molar refractivity (Wildman–Crippen MR) is 135 cm³/mol. The standard InChI is InChI=1S/C25H16ClF4IN2O3/c1-35-22-10-15(9-20(31)23(22)36-13-14-2-5-18(27)6-3-14)8-16(12-32)24(34)33-21-11-17(25(28,29)30)4-7-19(21)26/h2-11H,13H2,1H3,(H,33,34)/b16-8-. The number of hydrogen-bond donors (Lipinski definition) is 1. The number of nitrogens with one attached hydrogen (secondary N) is 1. The molecule has 3 rings (SSSR count). The van der Waals surface area contributed by atoms with E-state index in [0.29, 0.717) is 26.7 Å². The maximum absolute atomic E-state index is 13.1. The minimum Gasteiger partial charge on any atom is -0.493 e. The number of benzene rings is 3. The van der Waals surface area contributed by atoms with Crippen molar-refractivity contribution in [3.8, 4) is 17.6 Å². The summed E-state index contributed by atoms with van der Waals surface area (Å²) in [4.78, 5) is 12.6. The molecule has 3 aromatic rings. The van der Waals surface area contributed by atoms with E-state index in [2.05, 4.69) is 5.32 Å². The van der Waals surface area contributed by atoms with Gasteiger partial charge in [0.2, 0.25) is 0 Å². The lowest BCUT2D eigenvalue weighted by Crippen LogP contribution is -2.15. The quantitative estimate of drug-likeness (QED) is 0.129. The van der Waals surface area contributed by atoms with Gasteiger partial charge in [0.05, 0.1) is 27.0 Å². The van der Waals surface area contributed by atoms with Gasteiger partial charge in [0, 0.05) is 0 Å². The third-order valence-electron chi connectivity index (χ3n) is 4.77. The molecule has 36 heavy (non-hydrogen) atoms. The van der Waals surface area contributed by atoms with Gasteiger partial charge < -0.3 is 14.8 Å². The zero-order valence-electron chi connectivity index (χ0n) is 18.4. The molecule has 0 bridgehead atoms. The van der Waals surface area contributed by atoms with Gasteiger partial charge >= 0.3 is 6.18 Å².